The van der Waals surface area contributed by atoms with Crippen LogP contribution in [0.3, 0.4) is 0 Å². The van der Waals surface area contributed by atoms with E-state index < -0.39 is 11.6 Å². The van der Waals surface area contributed by atoms with Crippen LogP contribution in [0.5, 0.6) is 6.01 Å². The number of hydrogen-bond acceptors (Lipinski definition) is 4. The van der Waals surface area contributed by atoms with Gasteiger partial charge in [0.1, 0.15) is 0 Å². The van der Waals surface area contributed by atoms with Crippen LogP contribution < -0.4 is 20.1 Å². The lowest BCUT2D eigenvalue weighted by Crippen LogP contribution is -2.33. The van der Waals surface area contributed by atoms with Gasteiger partial charge in [-0.1, -0.05) is 0 Å². The summed E-state index contributed by atoms with van der Waals surface area (Å²) in [5.41, 5.74) is 0.715. The number of H-pyrrole nitrogens is 1. The van der Waals surface area contributed by atoms with Gasteiger partial charge in [0.25, 0.3) is 5.56 Å². The summed E-state index contributed by atoms with van der Waals surface area (Å²) >= 11 is 0. The molecule has 6 nitrogen and oxygen atoms in total. The molecule has 3 rings (SSSR count). The largest absolute Gasteiger partial charge is 0.826 e. The van der Waals surface area contributed by atoms with Crippen molar-refractivity contribution >= 4 is 5.69 Å². The summed E-state index contributed by atoms with van der Waals surface area (Å²) < 4.78 is 1.66. The average Bonchev–Trinajstić information content (AvgIpc) is 2.91. The third-order valence-electron chi connectivity index (χ3n) is 3.25. The first kappa shape index (κ1) is 11.7. The van der Waals surface area contributed by atoms with Crippen molar-refractivity contribution in [1.82, 2.24) is 9.97 Å². The van der Waals surface area contributed by atoms with Crippen LogP contribution in [0.4, 0.5) is 5.69 Å². The number of hydrogen-bond donors (Lipinski definition) is 1. The minimum atomic E-state index is -0.626. The quantitative estimate of drug-likeness (QED) is 0.752. The molecular weight excluding hydrogens is 244 g/mol. The SMILES string of the molecule is O=c1cc(-[n+]2ccc(N3CCCC3)cc2)nc([O-])[nH]1. The second-order valence-corrected chi connectivity index (χ2v) is 4.57. The number of aromatic nitrogens is 3. The van der Waals surface area contributed by atoms with Crippen molar-refractivity contribution in [2.24, 2.45) is 0 Å². The van der Waals surface area contributed by atoms with E-state index in [0.717, 1.165) is 18.8 Å². The monoisotopic (exact) mass is 258 g/mol. The molecule has 0 saturated carbocycles. The zero-order valence-corrected chi connectivity index (χ0v) is 10.4. The predicted molar refractivity (Wildman–Crippen MR) is 67.3 cm³/mol. The number of nitrogens with zero attached hydrogens (tertiary/aromatic N) is 3. The molecule has 19 heavy (non-hydrogen) atoms. The van der Waals surface area contributed by atoms with Gasteiger partial charge in [-0.25, -0.2) is 4.57 Å². The highest BCUT2D eigenvalue weighted by atomic mass is 16.3. The van der Waals surface area contributed by atoms with Crippen LogP contribution in [0, 0.1) is 0 Å². The Morgan fingerprint density at radius 3 is 2.58 bits per heavy atom. The summed E-state index contributed by atoms with van der Waals surface area (Å²) in [4.78, 5) is 19.4. The van der Waals surface area contributed by atoms with Crippen LogP contribution in [-0.2, 0) is 0 Å². The van der Waals surface area contributed by atoms with Crippen molar-refractivity contribution in [1.29, 1.82) is 0 Å². The third kappa shape index (κ3) is 2.42. The number of aromatic amines is 1. The summed E-state index contributed by atoms with van der Waals surface area (Å²) in [5.74, 6) is 0.335. The Bertz CT molecular complexity index is 630. The van der Waals surface area contributed by atoms with Gasteiger partial charge in [0.2, 0.25) is 0 Å². The topological polar surface area (TPSA) is 75.9 Å². The van der Waals surface area contributed by atoms with E-state index in [1.54, 1.807) is 4.57 Å². The Balaban J connectivity index is 1.91. The minimum Gasteiger partial charge on any atom is -0.826 e. The molecule has 1 aliphatic heterocycles. The maximum Gasteiger partial charge on any atom is 0.334 e. The molecule has 0 aromatic carbocycles. The van der Waals surface area contributed by atoms with Gasteiger partial charge in [0.15, 0.2) is 6.01 Å². The molecular formula is C13H14N4O2. The molecule has 1 saturated heterocycles. The van der Waals surface area contributed by atoms with Crippen LogP contribution >= 0.6 is 0 Å². The van der Waals surface area contributed by atoms with E-state index in [9.17, 15) is 9.90 Å². The molecule has 1 aliphatic rings. The van der Waals surface area contributed by atoms with E-state index >= 15 is 0 Å². The predicted octanol–water partition coefficient (Wildman–Crippen LogP) is -0.280. The van der Waals surface area contributed by atoms with Crippen LogP contribution in [0.15, 0.2) is 35.4 Å². The van der Waals surface area contributed by atoms with Gasteiger partial charge in [0, 0.05) is 30.9 Å². The van der Waals surface area contributed by atoms with Crippen molar-refractivity contribution in [2.75, 3.05) is 18.0 Å². The first-order valence-electron chi connectivity index (χ1n) is 6.27. The lowest BCUT2D eigenvalue weighted by Gasteiger charge is -2.16. The van der Waals surface area contributed by atoms with E-state index in [2.05, 4.69) is 14.9 Å². The normalized spacial score (nSPS) is 14.8. The van der Waals surface area contributed by atoms with Crippen molar-refractivity contribution in [3.05, 3.63) is 40.9 Å². The number of rotatable bonds is 2. The highest BCUT2D eigenvalue weighted by Gasteiger charge is 2.14. The van der Waals surface area contributed by atoms with Gasteiger partial charge in [-0.15, -0.1) is 0 Å². The zero-order chi connectivity index (χ0) is 13.2. The Labute approximate surface area is 110 Å². The van der Waals surface area contributed by atoms with Gasteiger partial charge >= 0.3 is 5.82 Å². The number of nitrogens with one attached hydrogen (secondary N) is 1. The van der Waals surface area contributed by atoms with E-state index in [1.165, 1.54) is 18.9 Å². The second kappa shape index (κ2) is 4.72. The summed E-state index contributed by atoms with van der Waals surface area (Å²) in [5, 5.41) is 11.2. The second-order valence-electron chi connectivity index (χ2n) is 4.57. The van der Waals surface area contributed by atoms with Crippen molar-refractivity contribution < 1.29 is 9.67 Å². The van der Waals surface area contributed by atoms with E-state index in [-0.39, 0.29) is 0 Å². The standard InChI is InChI=1S/C13H14N4O2/c18-12-9-11(14-13(19)15-12)17-7-3-10(4-8-17)16-5-1-2-6-16/h3-4,7-9H,1-2,5-6H2,(H-,14,15,18,19). The molecule has 0 spiro atoms. The van der Waals surface area contributed by atoms with Crippen LogP contribution in [-0.4, -0.2) is 23.1 Å². The molecule has 1 N–H and O–H groups in total. The Morgan fingerprint density at radius 2 is 1.95 bits per heavy atom. The van der Waals surface area contributed by atoms with Crippen LogP contribution in [0.2, 0.25) is 0 Å². The van der Waals surface area contributed by atoms with Crippen molar-refractivity contribution in [3.8, 4) is 11.8 Å². The fraction of sp³-hybridized carbons (Fsp3) is 0.308. The van der Waals surface area contributed by atoms with Crippen LogP contribution in [0.25, 0.3) is 5.82 Å². The van der Waals surface area contributed by atoms with Gasteiger partial charge < -0.3 is 10.0 Å². The molecule has 98 valence electrons. The summed E-state index contributed by atoms with van der Waals surface area (Å²) in [7, 11) is 0. The molecule has 2 aromatic rings. The van der Waals surface area contributed by atoms with E-state index in [0.29, 0.717) is 5.82 Å². The molecule has 0 bridgehead atoms. The Hall–Kier alpha value is -2.37. The molecule has 0 radical (unpaired) electrons. The smallest absolute Gasteiger partial charge is 0.334 e. The first-order valence-corrected chi connectivity index (χ1v) is 6.27. The van der Waals surface area contributed by atoms with Crippen molar-refractivity contribution in [3.63, 3.8) is 0 Å². The molecule has 1 fully saturated rings. The lowest BCUT2D eigenvalue weighted by atomic mass is 10.3. The summed E-state index contributed by atoms with van der Waals surface area (Å²) in [6.45, 7) is 2.16. The first-order chi connectivity index (χ1) is 9.22. The molecule has 0 unspecified atom stereocenters. The number of pyridine rings is 1. The molecule has 2 aromatic heterocycles. The summed E-state index contributed by atoms with van der Waals surface area (Å²) in [6.07, 6.45) is 6.08. The maximum absolute atomic E-state index is 11.2. The highest BCUT2D eigenvalue weighted by molar-refractivity contribution is 5.44. The van der Waals surface area contributed by atoms with Crippen molar-refractivity contribution in [2.45, 2.75) is 12.8 Å². The Kier molecular flexibility index (Phi) is 2.91. The highest BCUT2D eigenvalue weighted by Crippen LogP contribution is 2.18. The molecule has 0 amide bonds. The fourth-order valence-corrected chi connectivity index (χ4v) is 2.31. The third-order valence-corrected chi connectivity index (χ3v) is 3.25. The maximum atomic E-state index is 11.2. The molecule has 0 atom stereocenters. The minimum absolute atomic E-state index is 0.335. The van der Waals surface area contributed by atoms with Gasteiger partial charge in [0.05, 0.1) is 18.5 Å². The number of anilines is 1. The van der Waals surface area contributed by atoms with Crippen LogP contribution in [0.1, 0.15) is 12.8 Å². The van der Waals surface area contributed by atoms with Gasteiger partial charge in [-0.3, -0.25) is 9.78 Å². The Morgan fingerprint density at radius 1 is 1.26 bits per heavy atom. The molecule has 6 heteroatoms. The molecule has 3 heterocycles. The zero-order valence-electron chi connectivity index (χ0n) is 10.4. The summed E-state index contributed by atoms with van der Waals surface area (Å²) in [6, 6.07) is 4.62. The molecule has 0 aliphatic carbocycles. The van der Waals surface area contributed by atoms with E-state index in [4.69, 9.17) is 0 Å². The average molecular weight is 258 g/mol. The van der Waals surface area contributed by atoms with E-state index in [1.807, 2.05) is 24.5 Å². The van der Waals surface area contributed by atoms with Gasteiger partial charge in [-0.2, -0.15) is 0 Å². The fourth-order valence-electron chi connectivity index (χ4n) is 2.31. The van der Waals surface area contributed by atoms with Gasteiger partial charge in [-0.05, 0) is 17.8 Å². The lowest BCUT2D eigenvalue weighted by molar-refractivity contribution is -0.600.